The fourth-order valence-electron chi connectivity index (χ4n) is 3.11. The van der Waals surface area contributed by atoms with Crippen LogP contribution in [-0.2, 0) is 27.1 Å². The molecule has 12 heteroatoms. The summed E-state index contributed by atoms with van der Waals surface area (Å²) in [6.45, 7) is 0.928. The lowest BCUT2D eigenvalue weighted by molar-refractivity contribution is -0.140. The highest BCUT2D eigenvalue weighted by atomic mass is 35.5. The number of amides is 2. The van der Waals surface area contributed by atoms with Gasteiger partial charge in [0.1, 0.15) is 5.82 Å². The Bertz CT molecular complexity index is 1190. The van der Waals surface area contributed by atoms with Gasteiger partial charge in [0.25, 0.3) is 0 Å². The predicted molar refractivity (Wildman–Crippen MR) is 117 cm³/mol. The Morgan fingerprint density at radius 2 is 1.94 bits per heavy atom. The SMILES string of the molecule is CC(=O)N(CCON(C=O)c1cc2ccccc2c(C(F)(F)F)n1)NCc1cccc(F)c1Cl. The minimum Gasteiger partial charge on any atom is -0.276 e. The summed E-state index contributed by atoms with van der Waals surface area (Å²) < 4.78 is 54.1. The molecule has 0 aliphatic carbocycles. The smallest absolute Gasteiger partial charge is 0.276 e. The summed E-state index contributed by atoms with van der Waals surface area (Å²) in [5.41, 5.74) is 2.02. The first-order chi connectivity index (χ1) is 16.1. The van der Waals surface area contributed by atoms with Crippen molar-refractivity contribution >= 4 is 40.5 Å². The molecule has 2 aromatic carbocycles. The zero-order valence-electron chi connectivity index (χ0n) is 17.8. The molecular weight excluding hydrogens is 480 g/mol. The molecule has 2 amide bonds. The first kappa shape index (κ1) is 25.3. The molecule has 0 saturated carbocycles. The molecule has 3 rings (SSSR count). The first-order valence-electron chi connectivity index (χ1n) is 9.90. The molecule has 7 nitrogen and oxygen atoms in total. The van der Waals surface area contributed by atoms with Crippen LogP contribution in [0.2, 0.25) is 5.02 Å². The number of hydrogen-bond acceptors (Lipinski definition) is 5. The summed E-state index contributed by atoms with van der Waals surface area (Å²) in [5, 5.41) is 1.70. The summed E-state index contributed by atoms with van der Waals surface area (Å²) >= 11 is 5.90. The number of hydrogen-bond donors (Lipinski definition) is 1. The summed E-state index contributed by atoms with van der Waals surface area (Å²) in [5.74, 6) is -1.40. The highest BCUT2D eigenvalue weighted by Crippen LogP contribution is 2.35. The number of halogens is 5. The molecule has 1 heterocycles. The Kier molecular flexibility index (Phi) is 8.02. The second-order valence-electron chi connectivity index (χ2n) is 7.03. The van der Waals surface area contributed by atoms with Crippen LogP contribution < -0.4 is 10.5 Å². The molecule has 0 saturated heterocycles. The van der Waals surface area contributed by atoms with Crippen LogP contribution in [0.15, 0.2) is 48.5 Å². The average molecular weight is 499 g/mol. The second kappa shape index (κ2) is 10.8. The van der Waals surface area contributed by atoms with Gasteiger partial charge in [0.05, 0.1) is 18.2 Å². The third kappa shape index (κ3) is 5.99. The van der Waals surface area contributed by atoms with E-state index in [2.05, 4.69) is 10.4 Å². The van der Waals surface area contributed by atoms with Gasteiger partial charge in [0.15, 0.2) is 11.5 Å². The number of hydroxylamine groups is 1. The molecule has 3 aromatic rings. The van der Waals surface area contributed by atoms with Crippen molar-refractivity contribution in [2.45, 2.75) is 19.6 Å². The van der Waals surface area contributed by atoms with Gasteiger partial charge in [-0.3, -0.25) is 19.4 Å². The molecule has 0 unspecified atom stereocenters. The highest BCUT2D eigenvalue weighted by molar-refractivity contribution is 6.31. The number of carbonyl (C=O) groups excluding carboxylic acids is 2. The molecule has 0 aliphatic rings. The zero-order chi connectivity index (χ0) is 24.9. The molecule has 0 aliphatic heterocycles. The maximum atomic E-state index is 13.6. The van der Waals surface area contributed by atoms with E-state index in [1.807, 2.05) is 0 Å². The Labute approximate surface area is 196 Å². The molecule has 1 aromatic heterocycles. The van der Waals surface area contributed by atoms with Gasteiger partial charge in [0, 0.05) is 18.9 Å². The Hall–Kier alpha value is -3.28. The average Bonchev–Trinajstić information content (AvgIpc) is 2.79. The lowest BCUT2D eigenvalue weighted by Gasteiger charge is -2.24. The molecule has 0 radical (unpaired) electrons. The van der Waals surface area contributed by atoms with Gasteiger partial charge in [-0.15, -0.1) is 0 Å². The van der Waals surface area contributed by atoms with E-state index in [-0.39, 0.29) is 47.7 Å². The van der Waals surface area contributed by atoms with Gasteiger partial charge in [0.2, 0.25) is 12.3 Å². The van der Waals surface area contributed by atoms with Crippen molar-refractivity contribution in [3.63, 3.8) is 0 Å². The molecule has 180 valence electrons. The van der Waals surface area contributed by atoms with E-state index >= 15 is 0 Å². The molecule has 0 spiro atoms. The number of rotatable bonds is 9. The van der Waals surface area contributed by atoms with Crippen LogP contribution in [0.5, 0.6) is 0 Å². The van der Waals surface area contributed by atoms with Gasteiger partial charge in [-0.1, -0.05) is 48.0 Å². The van der Waals surface area contributed by atoms with Crippen LogP contribution in [0, 0.1) is 5.82 Å². The zero-order valence-corrected chi connectivity index (χ0v) is 18.5. The number of fused-ring (bicyclic) bond motifs is 1. The minimum absolute atomic E-state index is 0.0226. The van der Waals surface area contributed by atoms with Crippen LogP contribution in [-0.4, -0.2) is 35.5 Å². The molecule has 0 fully saturated rings. The molecule has 34 heavy (non-hydrogen) atoms. The standard InChI is InChI=1S/C22H19ClF4N4O3/c1-14(33)30(28-12-16-6-4-8-18(24)20(16)23)9-10-34-31(13-32)19-11-15-5-2-3-7-17(15)21(29-19)22(25,26)27/h2-8,11,13,28H,9-10,12H2,1H3. The summed E-state index contributed by atoms with van der Waals surface area (Å²) in [6.07, 6.45) is -4.58. The largest absolute Gasteiger partial charge is 0.434 e. The third-order valence-corrected chi connectivity index (χ3v) is 5.16. The topological polar surface area (TPSA) is 74.8 Å². The predicted octanol–water partition coefficient (Wildman–Crippen LogP) is 4.49. The number of alkyl halides is 3. The number of carbonyl (C=O) groups is 2. The molecule has 1 N–H and O–H groups in total. The molecular formula is C22H19ClF4N4O3. The van der Waals surface area contributed by atoms with E-state index in [0.29, 0.717) is 10.6 Å². The number of nitrogens with one attached hydrogen (secondary N) is 1. The number of benzene rings is 2. The molecule has 0 atom stereocenters. The Morgan fingerprint density at radius 1 is 1.21 bits per heavy atom. The van der Waals surface area contributed by atoms with Crippen molar-refractivity contribution in [2.24, 2.45) is 0 Å². The minimum atomic E-state index is -4.75. The third-order valence-electron chi connectivity index (χ3n) is 4.73. The lowest BCUT2D eigenvalue weighted by Crippen LogP contribution is -2.44. The normalized spacial score (nSPS) is 11.5. The molecule has 0 bridgehead atoms. The van der Waals surface area contributed by atoms with Gasteiger partial charge in [-0.25, -0.2) is 14.8 Å². The van der Waals surface area contributed by atoms with Crippen molar-refractivity contribution in [3.8, 4) is 0 Å². The van der Waals surface area contributed by atoms with Gasteiger partial charge in [-0.05, 0) is 23.1 Å². The fourth-order valence-corrected chi connectivity index (χ4v) is 3.30. The van der Waals surface area contributed by atoms with E-state index in [4.69, 9.17) is 16.4 Å². The van der Waals surface area contributed by atoms with Crippen molar-refractivity contribution < 1.29 is 32.0 Å². The second-order valence-corrected chi connectivity index (χ2v) is 7.41. The van der Waals surface area contributed by atoms with E-state index in [9.17, 15) is 27.2 Å². The lowest BCUT2D eigenvalue weighted by atomic mass is 10.1. The van der Waals surface area contributed by atoms with Crippen LogP contribution >= 0.6 is 11.6 Å². The van der Waals surface area contributed by atoms with E-state index in [0.717, 1.165) is 5.01 Å². The van der Waals surface area contributed by atoms with Gasteiger partial charge < -0.3 is 0 Å². The number of anilines is 1. The quantitative estimate of drug-likeness (QED) is 0.267. The Morgan fingerprint density at radius 3 is 2.62 bits per heavy atom. The van der Waals surface area contributed by atoms with Crippen LogP contribution in [0.3, 0.4) is 0 Å². The van der Waals surface area contributed by atoms with Crippen LogP contribution in [0.1, 0.15) is 18.2 Å². The van der Waals surface area contributed by atoms with E-state index in [1.54, 1.807) is 12.1 Å². The van der Waals surface area contributed by atoms with Crippen molar-refractivity contribution in [1.82, 2.24) is 15.4 Å². The fraction of sp³-hybridized carbons (Fsp3) is 0.227. The van der Waals surface area contributed by atoms with Crippen LogP contribution in [0.4, 0.5) is 23.4 Å². The van der Waals surface area contributed by atoms with Gasteiger partial charge >= 0.3 is 6.18 Å². The number of hydrazine groups is 1. The van der Waals surface area contributed by atoms with Crippen molar-refractivity contribution in [3.05, 3.63) is 70.6 Å². The summed E-state index contributed by atoms with van der Waals surface area (Å²) in [6, 6.07) is 11.3. The van der Waals surface area contributed by atoms with Crippen molar-refractivity contribution in [1.29, 1.82) is 0 Å². The van der Waals surface area contributed by atoms with Crippen molar-refractivity contribution in [2.75, 3.05) is 18.2 Å². The van der Waals surface area contributed by atoms with Crippen LogP contribution in [0.25, 0.3) is 10.8 Å². The highest BCUT2D eigenvalue weighted by Gasteiger charge is 2.35. The van der Waals surface area contributed by atoms with Gasteiger partial charge in [-0.2, -0.15) is 18.2 Å². The number of nitrogens with zero attached hydrogens (tertiary/aromatic N) is 3. The van der Waals surface area contributed by atoms with E-state index < -0.39 is 23.6 Å². The Balaban J connectivity index is 1.70. The summed E-state index contributed by atoms with van der Waals surface area (Å²) in [4.78, 5) is 32.3. The summed E-state index contributed by atoms with van der Waals surface area (Å²) in [7, 11) is 0. The first-order valence-corrected chi connectivity index (χ1v) is 10.3. The van der Waals surface area contributed by atoms with E-state index in [1.165, 1.54) is 43.3 Å². The maximum absolute atomic E-state index is 13.6. The number of pyridine rings is 1. The monoisotopic (exact) mass is 498 g/mol. The maximum Gasteiger partial charge on any atom is 0.434 e. The number of aromatic nitrogens is 1.